The van der Waals surface area contributed by atoms with E-state index in [4.69, 9.17) is 4.42 Å². The molecule has 1 aromatic carbocycles. The molecule has 0 saturated heterocycles. The van der Waals surface area contributed by atoms with E-state index in [1.807, 2.05) is 0 Å². The Bertz CT molecular complexity index is 700. The van der Waals surface area contributed by atoms with E-state index >= 15 is 0 Å². The fourth-order valence-electron chi connectivity index (χ4n) is 1.61. The van der Waals surface area contributed by atoms with Crippen LogP contribution in [-0.4, -0.2) is 10.9 Å². The molecule has 0 atom stereocenters. The number of carbonyl (C=O) groups excluding carboxylic acids is 1. The molecule has 1 heterocycles. The molecule has 130 valence electrons. The van der Waals surface area contributed by atoms with Gasteiger partial charge in [-0.05, 0) is 0 Å². The van der Waals surface area contributed by atoms with Crippen molar-refractivity contribution in [2.75, 3.05) is 5.32 Å². The first kappa shape index (κ1) is 19.6. The van der Waals surface area contributed by atoms with Crippen LogP contribution in [-0.2, 0) is 0 Å². The number of carbonyl (C=O) groups is 1. The minimum Gasteiger partial charge on any atom is -0.438 e. The summed E-state index contributed by atoms with van der Waals surface area (Å²) in [7, 11) is 0. The van der Waals surface area contributed by atoms with Crippen LogP contribution in [0.4, 0.5) is 25.1 Å². The molecule has 2 rings (SSSR count). The number of rotatable bonds is 7. The lowest BCUT2D eigenvalue weighted by Gasteiger charge is -2.17. The Morgan fingerprint density at radius 1 is 0.875 bits per heavy atom. The number of oxazole rings is 1. The second kappa shape index (κ2) is 9.12. The highest BCUT2D eigenvalue weighted by molar-refractivity contribution is 8.00. The summed E-state index contributed by atoms with van der Waals surface area (Å²) >= 11 is -2.79. The standard InChI is InChI=1S/C10H3F5N2O2S5/c11-20-5-4(17-10(18)3-1-16-2-19-3)6(21-12)8(23-14)9(24-15)7(5)22-13/h1-2H,(H,17,18). The zero-order valence-corrected chi connectivity index (χ0v) is 14.9. The lowest BCUT2D eigenvalue weighted by molar-refractivity contribution is 0.0996. The number of anilines is 1. The van der Waals surface area contributed by atoms with Gasteiger partial charge in [0.05, 0.1) is 97.1 Å². The molecule has 0 saturated carbocycles. The van der Waals surface area contributed by atoms with Gasteiger partial charge in [0.25, 0.3) is 5.91 Å². The maximum absolute atomic E-state index is 13.3. The minimum atomic E-state index is -0.955. The van der Waals surface area contributed by atoms with Gasteiger partial charge in [-0.25, -0.2) is 4.98 Å². The lowest BCUT2D eigenvalue weighted by atomic mass is 10.3. The molecule has 1 aromatic heterocycles. The van der Waals surface area contributed by atoms with Gasteiger partial charge in [0.1, 0.15) is 0 Å². The van der Waals surface area contributed by atoms with Crippen molar-refractivity contribution in [3.05, 3.63) is 18.4 Å². The predicted molar refractivity (Wildman–Crippen MR) is 85.7 cm³/mol. The van der Waals surface area contributed by atoms with E-state index in [9.17, 15) is 24.2 Å². The third-order valence-corrected chi connectivity index (χ3v) is 5.89. The van der Waals surface area contributed by atoms with E-state index in [0.717, 1.165) is 12.6 Å². The fraction of sp³-hybridized carbons (Fsp3) is 0. The van der Waals surface area contributed by atoms with Crippen LogP contribution in [0.5, 0.6) is 0 Å². The number of nitrogens with zero attached hydrogens (tertiary/aromatic N) is 1. The average Bonchev–Trinajstić information content (AvgIpc) is 3.14. The Hall–Kier alpha value is -0.700. The number of hydrogen-bond acceptors (Lipinski definition) is 8. The molecule has 1 N–H and O–H groups in total. The van der Waals surface area contributed by atoms with Crippen LogP contribution in [0.1, 0.15) is 10.6 Å². The van der Waals surface area contributed by atoms with Crippen LogP contribution in [0.25, 0.3) is 0 Å². The summed E-state index contributed by atoms with van der Waals surface area (Å²) < 4.78 is 70.6. The zero-order valence-electron chi connectivity index (χ0n) is 10.8. The number of aromatic nitrogens is 1. The highest BCUT2D eigenvalue weighted by atomic mass is 32.2. The molecule has 0 bridgehead atoms. The van der Waals surface area contributed by atoms with E-state index in [0.29, 0.717) is 0 Å². The quantitative estimate of drug-likeness (QED) is 0.473. The second-order valence-corrected chi connectivity index (χ2v) is 6.54. The summed E-state index contributed by atoms with van der Waals surface area (Å²) in [6.45, 7) is 0. The summed E-state index contributed by atoms with van der Waals surface area (Å²) in [5.74, 6) is -1.25. The molecule has 24 heavy (non-hydrogen) atoms. The zero-order chi connectivity index (χ0) is 17.7. The van der Waals surface area contributed by atoms with Gasteiger partial charge in [-0.1, -0.05) is 0 Å². The summed E-state index contributed by atoms with van der Waals surface area (Å²) in [4.78, 5) is 12.4. The molecule has 0 aliphatic rings. The molecular weight excluding hydrogens is 435 g/mol. The van der Waals surface area contributed by atoms with Crippen molar-refractivity contribution in [2.24, 2.45) is 0 Å². The van der Waals surface area contributed by atoms with Crippen LogP contribution < -0.4 is 5.32 Å². The smallest absolute Gasteiger partial charge is 0.293 e. The summed E-state index contributed by atoms with van der Waals surface area (Å²) in [6, 6.07) is 0. The van der Waals surface area contributed by atoms with Gasteiger partial charge in [0.15, 0.2) is 6.39 Å². The summed E-state index contributed by atoms with van der Waals surface area (Å²) in [5.41, 5.74) is -0.547. The molecule has 0 spiro atoms. The first-order chi connectivity index (χ1) is 11.6. The molecule has 0 aliphatic carbocycles. The van der Waals surface area contributed by atoms with Crippen molar-refractivity contribution in [3.8, 4) is 0 Å². The van der Waals surface area contributed by atoms with Crippen LogP contribution in [0, 0.1) is 0 Å². The number of benzene rings is 1. The third-order valence-electron chi connectivity index (χ3n) is 2.56. The number of amides is 1. The van der Waals surface area contributed by atoms with Gasteiger partial charge >= 0.3 is 0 Å². The number of hydrogen-bond donors (Lipinski definition) is 1. The predicted octanol–water partition coefficient (Wildman–Crippen LogP) is 6.81. The topological polar surface area (TPSA) is 55.1 Å². The molecule has 4 nitrogen and oxygen atoms in total. The molecule has 1 amide bonds. The SMILES string of the molecule is O=C(Nc1c(SF)c(SF)c(SF)c(SF)c1SF)c1cnco1. The van der Waals surface area contributed by atoms with E-state index in [1.165, 1.54) is 0 Å². The van der Waals surface area contributed by atoms with Crippen molar-refractivity contribution < 1.29 is 28.6 Å². The largest absolute Gasteiger partial charge is 0.438 e. The van der Waals surface area contributed by atoms with E-state index in [-0.39, 0.29) is 5.76 Å². The Balaban J connectivity index is 2.65. The van der Waals surface area contributed by atoms with Gasteiger partial charge < -0.3 is 9.73 Å². The molecule has 0 fully saturated rings. The molecular formula is C10H3F5N2O2S5. The number of halogens is 5. The molecule has 2 aromatic rings. The lowest BCUT2D eigenvalue weighted by Crippen LogP contribution is -2.13. The van der Waals surface area contributed by atoms with Gasteiger partial charge in [-0.2, -0.15) is 19.4 Å². The average molecular weight is 438 g/mol. The van der Waals surface area contributed by atoms with Gasteiger partial charge in [-0.3, -0.25) is 4.79 Å². The molecule has 0 aliphatic heterocycles. The monoisotopic (exact) mass is 438 g/mol. The Morgan fingerprint density at radius 3 is 1.71 bits per heavy atom. The van der Waals surface area contributed by atoms with Crippen molar-refractivity contribution in [1.82, 2.24) is 4.98 Å². The van der Waals surface area contributed by atoms with Crippen molar-refractivity contribution in [1.29, 1.82) is 0 Å². The summed E-state index contributed by atoms with van der Waals surface area (Å²) in [5, 5.41) is 2.10. The van der Waals surface area contributed by atoms with Crippen LogP contribution in [0.3, 0.4) is 0 Å². The summed E-state index contributed by atoms with van der Waals surface area (Å²) in [6.07, 6.45) is 1.97. The number of nitrogens with one attached hydrogen (secondary N) is 1. The van der Waals surface area contributed by atoms with Crippen LogP contribution >= 0.6 is 60.7 Å². The maximum atomic E-state index is 13.3. The van der Waals surface area contributed by atoms with Crippen LogP contribution in [0.15, 0.2) is 41.5 Å². The Morgan fingerprint density at radius 2 is 1.33 bits per heavy atom. The van der Waals surface area contributed by atoms with Crippen molar-refractivity contribution in [3.63, 3.8) is 0 Å². The van der Waals surface area contributed by atoms with Gasteiger partial charge in [0, 0.05) is 0 Å². The normalized spacial score (nSPS) is 10.9. The maximum Gasteiger partial charge on any atom is 0.293 e. The van der Waals surface area contributed by atoms with Crippen LogP contribution in [0.2, 0.25) is 0 Å². The van der Waals surface area contributed by atoms with E-state index < -0.39 is 96.8 Å². The minimum absolute atomic E-state index is 0.299. The molecule has 0 unspecified atom stereocenters. The Labute approximate surface area is 153 Å². The fourth-order valence-corrected chi connectivity index (χ4v) is 4.47. The molecule has 0 radical (unpaired) electrons. The second-order valence-electron chi connectivity index (χ2n) is 3.73. The van der Waals surface area contributed by atoms with E-state index in [2.05, 4.69) is 10.3 Å². The van der Waals surface area contributed by atoms with Gasteiger partial charge in [-0.15, -0.1) is 0 Å². The highest BCUT2D eigenvalue weighted by Crippen LogP contribution is 2.54. The van der Waals surface area contributed by atoms with E-state index in [1.54, 1.807) is 0 Å². The molecule has 14 heteroatoms. The Kier molecular flexibility index (Phi) is 7.46. The first-order valence-electron chi connectivity index (χ1n) is 5.49. The van der Waals surface area contributed by atoms with Crippen molar-refractivity contribution in [2.45, 2.75) is 24.5 Å². The van der Waals surface area contributed by atoms with Crippen molar-refractivity contribution >= 4 is 72.3 Å². The first-order valence-corrected chi connectivity index (χ1v) is 9.08. The highest BCUT2D eigenvalue weighted by Gasteiger charge is 2.29. The third kappa shape index (κ3) is 3.76. The van der Waals surface area contributed by atoms with Gasteiger partial charge in [0.2, 0.25) is 5.76 Å².